The van der Waals surface area contributed by atoms with Crippen molar-refractivity contribution >= 4 is 17.6 Å². The standard InChI is InChI=1S/C17H19FN4O4/c1-25-14-3-2-11(8-13(14)18)21-15-9-16(20-10-19-15)26-12-4-6-22(7-5-12)17(23)24/h2-3,8-10,12H,4-7H2,1H3,(H,23,24)(H,19,20,21). The third kappa shape index (κ3) is 4.29. The van der Waals surface area contributed by atoms with E-state index in [-0.39, 0.29) is 11.9 Å². The molecule has 1 aromatic carbocycles. The number of piperidine rings is 1. The fourth-order valence-electron chi connectivity index (χ4n) is 2.70. The average molecular weight is 362 g/mol. The second kappa shape index (κ2) is 7.85. The van der Waals surface area contributed by atoms with E-state index in [1.54, 1.807) is 12.1 Å². The first kappa shape index (κ1) is 17.7. The molecule has 0 saturated carbocycles. The summed E-state index contributed by atoms with van der Waals surface area (Å²) in [5.74, 6) is 0.524. The lowest BCUT2D eigenvalue weighted by Crippen LogP contribution is -2.41. The summed E-state index contributed by atoms with van der Waals surface area (Å²) in [4.78, 5) is 20.5. The van der Waals surface area contributed by atoms with Crippen LogP contribution in [0.4, 0.5) is 20.7 Å². The molecule has 9 heteroatoms. The molecule has 0 spiro atoms. The van der Waals surface area contributed by atoms with Gasteiger partial charge in [-0.15, -0.1) is 0 Å². The molecule has 0 atom stereocenters. The number of hydrogen-bond acceptors (Lipinski definition) is 6. The van der Waals surface area contributed by atoms with Crippen LogP contribution in [0.25, 0.3) is 0 Å². The van der Waals surface area contributed by atoms with Crippen LogP contribution in [0.1, 0.15) is 12.8 Å². The Hall–Kier alpha value is -3.10. The second-order valence-corrected chi connectivity index (χ2v) is 5.80. The Morgan fingerprint density at radius 1 is 1.31 bits per heavy atom. The van der Waals surface area contributed by atoms with E-state index in [0.717, 1.165) is 0 Å². The van der Waals surface area contributed by atoms with Crippen molar-refractivity contribution in [1.82, 2.24) is 14.9 Å². The summed E-state index contributed by atoms with van der Waals surface area (Å²) in [5.41, 5.74) is 0.516. The van der Waals surface area contributed by atoms with E-state index in [1.165, 1.54) is 30.5 Å². The highest BCUT2D eigenvalue weighted by Crippen LogP contribution is 2.24. The maximum absolute atomic E-state index is 13.8. The molecule has 0 aliphatic carbocycles. The Morgan fingerprint density at radius 3 is 2.73 bits per heavy atom. The van der Waals surface area contributed by atoms with Gasteiger partial charge in [0, 0.05) is 43.8 Å². The summed E-state index contributed by atoms with van der Waals surface area (Å²) < 4.78 is 24.5. The average Bonchev–Trinajstić information content (AvgIpc) is 2.63. The van der Waals surface area contributed by atoms with E-state index in [0.29, 0.717) is 43.3 Å². The Morgan fingerprint density at radius 2 is 2.08 bits per heavy atom. The van der Waals surface area contributed by atoms with Gasteiger partial charge in [-0.25, -0.2) is 19.2 Å². The number of hydrogen-bond donors (Lipinski definition) is 2. The van der Waals surface area contributed by atoms with Gasteiger partial charge in [-0.05, 0) is 12.1 Å². The van der Waals surface area contributed by atoms with E-state index >= 15 is 0 Å². The minimum atomic E-state index is -0.913. The lowest BCUT2D eigenvalue weighted by Gasteiger charge is -2.29. The molecular weight excluding hydrogens is 343 g/mol. The number of ether oxygens (including phenoxy) is 2. The Balaban J connectivity index is 1.62. The van der Waals surface area contributed by atoms with Crippen LogP contribution in [0.2, 0.25) is 0 Å². The lowest BCUT2D eigenvalue weighted by atomic mass is 10.1. The topological polar surface area (TPSA) is 96.8 Å². The summed E-state index contributed by atoms with van der Waals surface area (Å²) in [6.07, 6.45) is 1.53. The first-order chi connectivity index (χ1) is 12.5. The quantitative estimate of drug-likeness (QED) is 0.844. The molecule has 1 aromatic heterocycles. The van der Waals surface area contributed by atoms with Crippen LogP contribution in [0.5, 0.6) is 11.6 Å². The van der Waals surface area contributed by atoms with Crippen LogP contribution in [-0.2, 0) is 0 Å². The molecule has 3 rings (SSSR count). The molecule has 138 valence electrons. The number of nitrogens with zero attached hydrogens (tertiary/aromatic N) is 3. The number of carboxylic acid groups (broad SMARTS) is 1. The summed E-state index contributed by atoms with van der Waals surface area (Å²) in [5, 5.41) is 11.9. The van der Waals surface area contributed by atoms with Crippen LogP contribution >= 0.6 is 0 Å². The lowest BCUT2D eigenvalue weighted by molar-refractivity contribution is 0.0870. The monoisotopic (exact) mass is 362 g/mol. The highest BCUT2D eigenvalue weighted by atomic mass is 19.1. The molecule has 0 bridgehead atoms. The van der Waals surface area contributed by atoms with Gasteiger partial charge in [0.1, 0.15) is 18.2 Å². The number of benzene rings is 1. The van der Waals surface area contributed by atoms with Gasteiger partial charge in [0.05, 0.1) is 7.11 Å². The molecule has 8 nitrogen and oxygen atoms in total. The van der Waals surface area contributed by atoms with E-state index in [1.807, 2.05) is 0 Å². The van der Waals surface area contributed by atoms with E-state index in [2.05, 4.69) is 15.3 Å². The molecule has 2 aromatic rings. The first-order valence-corrected chi connectivity index (χ1v) is 8.12. The zero-order chi connectivity index (χ0) is 18.5. The predicted molar refractivity (Wildman–Crippen MR) is 91.5 cm³/mol. The minimum Gasteiger partial charge on any atom is -0.494 e. The fraction of sp³-hybridized carbons (Fsp3) is 0.353. The van der Waals surface area contributed by atoms with Gasteiger partial charge in [-0.3, -0.25) is 0 Å². The molecule has 0 radical (unpaired) electrons. The molecule has 1 amide bonds. The van der Waals surface area contributed by atoms with Crippen LogP contribution in [0, 0.1) is 5.82 Å². The molecule has 2 heterocycles. The van der Waals surface area contributed by atoms with Gasteiger partial charge >= 0.3 is 6.09 Å². The Bertz CT molecular complexity index is 781. The molecule has 0 unspecified atom stereocenters. The van der Waals surface area contributed by atoms with Gasteiger partial charge in [-0.1, -0.05) is 0 Å². The van der Waals surface area contributed by atoms with Crippen molar-refractivity contribution in [2.75, 3.05) is 25.5 Å². The Kier molecular flexibility index (Phi) is 5.35. The predicted octanol–water partition coefficient (Wildman–Crippen LogP) is 2.89. The van der Waals surface area contributed by atoms with Crippen LogP contribution in [0.15, 0.2) is 30.6 Å². The normalized spacial score (nSPS) is 14.8. The maximum Gasteiger partial charge on any atom is 0.407 e. The van der Waals surface area contributed by atoms with Crippen molar-refractivity contribution < 1.29 is 23.8 Å². The number of rotatable bonds is 5. The molecule has 1 aliphatic rings. The highest BCUT2D eigenvalue weighted by Gasteiger charge is 2.23. The van der Waals surface area contributed by atoms with E-state index in [9.17, 15) is 9.18 Å². The zero-order valence-corrected chi connectivity index (χ0v) is 14.2. The number of aromatic nitrogens is 2. The molecule has 1 aliphatic heterocycles. The minimum absolute atomic E-state index is 0.105. The van der Waals surface area contributed by atoms with Crippen molar-refractivity contribution in [3.05, 3.63) is 36.4 Å². The van der Waals surface area contributed by atoms with Crippen LogP contribution in [-0.4, -0.2) is 52.4 Å². The Labute approximate surface area is 149 Å². The van der Waals surface area contributed by atoms with Gasteiger partial charge in [0.15, 0.2) is 11.6 Å². The second-order valence-electron chi connectivity index (χ2n) is 5.80. The number of methoxy groups -OCH3 is 1. The molecular formula is C17H19FN4O4. The number of amides is 1. The number of halogens is 1. The van der Waals surface area contributed by atoms with Crippen molar-refractivity contribution in [3.8, 4) is 11.6 Å². The highest BCUT2D eigenvalue weighted by molar-refractivity contribution is 5.65. The molecule has 2 N–H and O–H groups in total. The van der Waals surface area contributed by atoms with Crippen molar-refractivity contribution in [2.45, 2.75) is 18.9 Å². The summed E-state index contributed by atoms with van der Waals surface area (Å²) in [7, 11) is 1.40. The van der Waals surface area contributed by atoms with Crippen LogP contribution < -0.4 is 14.8 Å². The fourth-order valence-corrected chi connectivity index (χ4v) is 2.70. The smallest absolute Gasteiger partial charge is 0.407 e. The SMILES string of the molecule is COc1ccc(Nc2cc(OC3CCN(C(=O)O)CC3)ncn2)cc1F. The van der Waals surface area contributed by atoms with Gasteiger partial charge in [-0.2, -0.15) is 0 Å². The van der Waals surface area contributed by atoms with E-state index in [4.69, 9.17) is 14.6 Å². The summed E-state index contributed by atoms with van der Waals surface area (Å²) >= 11 is 0. The zero-order valence-electron chi connectivity index (χ0n) is 14.2. The number of carbonyl (C=O) groups is 1. The molecule has 1 saturated heterocycles. The number of likely N-dealkylation sites (tertiary alicyclic amines) is 1. The van der Waals surface area contributed by atoms with Gasteiger partial charge < -0.3 is 24.8 Å². The van der Waals surface area contributed by atoms with Crippen LogP contribution in [0.3, 0.4) is 0 Å². The first-order valence-electron chi connectivity index (χ1n) is 8.12. The van der Waals surface area contributed by atoms with E-state index < -0.39 is 11.9 Å². The summed E-state index contributed by atoms with van der Waals surface area (Å²) in [6.45, 7) is 0.864. The number of nitrogens with one attached hydrogen (secondary N) is 1. The third-order valence-electron chi connectivity index (χ3n) is 4.07. The molecule has 26 heavy (non-hydrogen) atoms. The van der Waals surface area contributed by atoms with Gasteiger partial charge in [0.2, 0.25) is 5.88 Å². The number of anilines is 2. The maximum atomic E-state index is 13.8. The molecule has 1 fully saturated rings. The largest absolute Gasteiger partial charge is 0.494 e. The summed E-state index contributed by atoms with van der Waals surface area (Å²) in [6, 6.07) is 6.12. The van der Waals surface area contributed by atoms with Crippen molar-refractivity contribution in [1.29, 1.82) is 0 Å². The van der Waals surface area contributed by atoms with Crippen molar-refractivity contribution in [3.63, 3.8) is 0 Å². The third-order valence-corrected chi connectivity index (χ3v) is 4.07. The van der Waals surface area contributed by atoms with Crippen molar-refractivity contribution in [2.24, 2.45) is 0 Å². The van der Waals surface area contributed by atoms with Gasteiger partial charge in [0.25, 0.3) is 0 Å².